The number of carbonyl (C=O) groups excluding carboxylic acids is 2. The van der Waals surface area contributed by atoms with Crippen molar-refractivity contribution in [3.63, 3.8) is 0 Å². The minimum absolute atomic E-state index is 0.00778. The van der Waals surface area contributed by atoms with Crippen molar-refractivity contribution in [2.24, 2.45) is 17.8 Å². The van der Waals surface area contributed by atoms with Crippen LogP contribution in [0.4, 0.5) is 37.5 Å². The zero-order chi connectivity index (χ0) is 44.5. The Morgan fingerprint density at radius 3 is 1.83 bits per heavy atom. The van der Waals surface area contributed by atoms with E-state index in [0.29, 0.717) is 79.1 Å². The SMILES string of the molecule is COc1cc2ncnc(Nc3ccc(F)c(C)c3)c2cc1CC1CCN(C(=O)C2CC(C(=O)N3CCC(Nc4cc5c(Nc6ccc(F)c(Cl)c6)ncnc5cc4OC)CC3)C2)CC1. The maximum atomic E-state index is 13.9. The molecule has 64 heavy (non-hydrogen) atoms. The summed E-state index contributed by atoms with van der Waals surface area (Å²) >= 11 is 6.01. The normalized spacial score (nSPS) is 18.2. The Hall–Kier alpha value is -6.35. The smallest absolute Gasteiger partial charge is 0.225 e. The van der Waals surface area contributed by atoms with Crippen molar-refractivity contribution in [2.45, 2.75) is 57.9 Å². The number of piperidine rings is 2. The lowest BCUT2D eigenvalue weighted by Gasteiger charge is -2.42. The molecule has 332 valence electrons. The highest BCUT2D eigenvalue weighted by molar-refractivity contribution is 6.31. The van der Waals surface area contributed by atoms with Gasteiger partial charge in [-0.1, -0.05) is 11.6 Å². The molecular weight excluding hydrogens is 840 g/mol. The number of methoxy groups -OCH3 is 2. The van der Waals surface area contributed by atoms with Crippen molar-refractivity contribution in [1.82, 2.24) is 29.7 Å². The van der Waals surface area contributed by atoms with E-state index in [1.165, 1.54) is 30.9 Å². The topological polar surface area (TPSA) is 147 Å². The van der Waals surface area contributed by atoms with Gasteiger partial charge in [-0.3, -0.25) is 9.59 Å². The van der Waals surface area contributed by atoms with Crippen LogP contribution in [-0.2, 0) is 16.0 Å². The number of hydrogen-bond donors (Lipinski definition) is 3. The van der Waals surface area contributed by atoms with Gasteiger partial charge in [0.15, 0.2) is 0 Å². The Bertz CT molecular complexity index is 2540. The van der Waals surface area contributed by atoms with Gasteiger partial charge in [-0.2, -0.15) is 0 Å². The number of hydrogen-bond acceptors (Lipinski definition) is 11. The fraction of sp³-hybridized carbons (Fsp3) is 0.375. The summed E-state index contributed by atoms with van der Waals surface area (Å²) in [7, 11) is 3.28. The summed E-state index contributed by atoms with van der Waals surface area (Å²) in [5.74, 6) is 2.22. The summed E-state index contributed by atoms with van der Waals surface area (Å²) in [5.41, 5.74) is 5.12. The molecule has 9 rings (SSSR count). The van der Waals surface area contributed by atoms with Gasteiger partial charge >= 0.3 is 0 Å². The van der Waals surface area contributed by atoms with E-state index < -0.39 is 5.82 Å². The van der Waals surface area contributed by atoms with E-state index in [-0.39, 0.29) is 40.5 Å². The lowest BCUT2D eigenvalue weighted by atomic mass is 9.73. The number of anilines is 5. The van der Waals surface area contributed by atoms with Gasteiger partial charge in [0.1, 0.15) is 47.4 Å². The second kappa shape index (κ2) is 18.4. The highest BCUT2D eigenvalue weighted by Crippen LogP contribution is 2.40. The molecule has 2 amide bonds. The van der Waals surface area contributed by atoms with Gasteiger partial charge in [0, 0.05) is 78.3 Å². The number of aromatic nitrogens is 4. The standard InChI is InChI=1S/C48H50ClF2N9O4/c1-27-16-33(4-6-38(27)50)57-45-35-20-29(43(63-2)23-40(35)52-25-54-45)17-28-8-12-59(13-9-28)47(61)30-18-31(19-30)48(62)60-14-10-32(11-15-60)56-42-22-36-41(24-44(42)64-3)53-26-55-46(36)58-34-5-7-39(51)37(49)21-34/h4-7,16,20-26,28,30-32,56H,8-15,17-19H2,1-3H3,(H,52,54,57)(H,53,55,58). The van der Waals surface area contributed by atoms with Crippen LogP contribution in [0.1, 0.15) is 49.7 Å². The van der Waals surface area contributed by atoms with Gasteiger partial charge in [-0.25, -0.2) is 28.7 Å². The molecule has 1 saturated carbocycles. The van der Waals surface area contributed by atoms with Gasteiger partial charge in [0.05, 0.1) is 36.0 Å². The van der Waals surface area contributed by atoms with Crippen LogP contribution in [0.15, 0.2) is 73.3 Å². The van der Waals surface area contributed by atoms with Crippen LogP contribution in [-0.4, -0.2) is 88.0 Å². The van der Waals surface area contributed by atoms with Crippen LogP contribution in [0, 0.1) is 36.3 Å². The monoisotopic (exact) mass is 889 g/mol. The van der Waals surface area contributed by atoms with Gasteiger partial charge in [0.25, 0.3) is 0 Å². The second-order valence-electron chi connectivity index (χ2n) is 17.1. The summed E-state index contributed by atoms with van der Waals surface area (Å²) in [5, 5.41) is 11.8. The molecule has 2 saturated heterocycles. The van der Waals surface area contributed by atoms with Gasteiger partial charge < -0.3 is 35.2 Å². The van der Waals surface area contributed by atoms with Crippen LogP contribution in [0.5, 0.6) is 11.5 Å². The summed E-state index contributed by atoms with van der Waals surface area (Å²) in [4.78, 5) is 49.0. The van der Waals surface area contributed by atoms with Gasteiger partial charge in [0.2, 0.25) is 11.8 Å². The number of ether oxygens (including phenoxy) is 2. The highest BCUT2D eigenvalue weighted by Gasteiger charge is 2.43. The Kier molecular flexibility index (Phi) is 12.3. The second-order valence-corrected chi connectivity index (χ2v) is 17.5. The summed E-state index contributed by atoms with van der Waals surface area (Å²) in [6.45, 7) is 4.34. The van der Waals surface area contributed by atoms with Crippen LogP contribution >= 0.6 is 11.6 Å². The molecule has 1 aliphatic carbocycles. The van der Waals surface area contributed by atoms with Crippen molar-refractivity contribution in [1.29, 1.82) is 0 Å². The first-order valence-electron chi connectivity index (χ1n) is 21.8. The number of nitrogens with one attached hydrogen (secondary N) is 3. The van der Waals surface area contributed by atoms with E-state index in [1.54, 1.807) is 39.3 Å². The molecule has 3 N–H and O–H groups in total. The zero-order valence-electron chi connectivity index (χ0n) is 36.0. The fourth-order valence-corrected chi connectivity index (χ4v) is 9.46. The average Bonchev–Trinajstić information content (AvgIpc) is 3.28. The molecule has 2 aromatic heterocycles. The molecule has 4 aromatic carbocycles. The van der Waals surface area contributed by atoms with Crippen LogP contribution in [0.25, 0.3) is 21.8 Å². The van der Waals surface area contributed by atoms with E-state index >= 15 is 0 Å². The first kappa shape index (κ1) is 42.9. The fourth-order valence-electron chi connectivity index (χ4n) is 9.28. The first-order valence-corrected chi connectivity index (χ1v) is 22.1. The predicted molar refractivity (Wildman–Crippen MR) is 244 cm³/mol. The van der Waals surface area contributed by atoms with Crippen molar-refractivity contribution in [3.05, 3.63) is 101 Å². The van der Waals surface area contributed by atoms with Crippen molar-refractivity contribution in [2.75, 3.05) is 56.3 Å². The van der Waals surface area contributed by atoms with E-state index in [0.717, 1.165) is 71.1 Å². The molecule has 0 bridgehead atoms. The number of halogens is 3. The maximum absolute atomic E-state index is 13.9. The Morgan fingerprint density at radius 2 is 1.25 bits per heavy atom. The maximum Gasteiger partial charge on any atom is 0.225 e. The van der Waals surface area contributed by atoms with Crippen LogP contribution < -0.4 is 25.4 Å². The Labute approximate surface area is 374 Å². The molecule has 6 aromatic rings. The predicted octanol–water partition coefficient (Wildman–Crippen LogP) is 9.23. The lowest BCUT2D eigenvalue weighted by Crippen LogP contribution is -2.51. The van der Waals surface area contributed by atoms with Crippen molar-refractivity contribution in [3.8, 4) is 11.5 Å². The number of amides is 2. The van der Waals surface area contributed by atoms with Crippen LogP contribution in [0.2, 0.25) is 5.02 Å². The molecule has 0 radical (unpaired) electrons. The summed E-state index contributed by atoms with van der Waals surface area (Å²) < 4.78 is 39.2. The molecule has 4 heterocycles. The molecule has 0 spiro atoms. The van der Waals surface area contributed by atoms with Crippen molar-refractivity contribution >= 4 is 73.9 Å². The Morgan fingerprint density at radius 1 is 0.703 bits per heavy atom. The number of aryl methyl sites for hydroxylation is 1. The first-order chi connectivity index (χ1) is 31.0. The molecule has 13 nitrogen and oxygen atoms in total. The third-order valence-corrected chi connectivity index (χ3v) is 13.3. The summed E-state index contributed by atoms with van der Waals surface area (Å²) in [6, 6.07) is 17.2. The Balaban J connectivity index is 0.753. The number of benzene rings is 4. The number of fused-ring (bicyclic) bond motifs is 2. The molecule has 3 fully saturated rings. The number of rotatable bonds is 12. The van der Waals surface area contributed by atoms with E-state index in [1.807, 2.05) is 28.0 Å². The number of nitrogens with zero attached hydrogens (tertiary/aromatic N) is 6. The van der Waals surface area contributed by atoms with Crippen molar-refractivity contribution < 1.29 is 27.8 Å². The van der Waals surface area contributed by atoms with E-state index in [2.05, 4.69) is 42.0 Å². The van der Waals surface area contributed by atoms with Gasteiger partial charge in [-0.05, 0) is 117 Å². The largest absolute Gasteiger partial charge is 0.496 e. The highest BCUT2D eigenvalue weighted by atomic mass is 35.5. The third kappa shape index (κ3) is 9.03. The lowest BCUT2D eigenvalue weighted by molar-refractivity contribution is -0.148. The minimum atomic E-state index is -0.502. The number of likely N-dealkylation sites (tertiary alicyclic amines) is 2. The molecule has 0 unspecified atom stereocenters. The molecule has 0 atom stereocenters. The molecule has 16 heteroatoms. The number of carbonyl (C=O) groups is 2. The summed E-state index contributed by atoms with van der Waals surface area (Å²) in [6.07, 6.45) is 8.20. The van der Waals surface area contributed by atoms with Crippen LogP contribution in [0.3, 0.4) is 0 Å². The average molecular weight is 890 g/mol. The van der Waals surface area contributed by atoms with E-state index in [9.17, 15) is 18.4 Å². The molecular formula is C48H50ClF2N9O4. The third-order valence-electron chi connectivity index (χ3n) is 13.0. The molecule has 2 aliphatic heterocycles. The minimum Gasteiger partial charge on any atom is -0.496 e. The molecule has 3 aliphatic rings. The zero-order valence-corrected chi connectivity index (χ0v) is 36.7. The van der Waals surface area contributed by atoms with Gasteiger partial charge in [-0.15, -0.1) is 0 Å². The van der Waals surface area contributed by atoms with E-state index in [4.69, 9.17) is 21.1 Å². The quantitative estimate of drug-likeness (QED) is 0.108.